The molecule has 3 heteroatoms. The number of pyridine rings is 1. The van der Waals surface area contributed by atoms with Crippen LogP contribution in [0.25, 0.3) is 11.3 Å². The van der Waals surface area contributed by atoms with Crippen molar-refractivity contribution >= 4 is 0 Å². The molecule has 0 amide bonds. The molecule has 0 bridgehead atoms. The predicted octanol–water partition coefficient (Wildman–Crippen LogP) is 3.11. The van der Waals surface area contributed by atoms with Crippen LogP contribution in [0.3, 0.4) is 0 Å². The molecule has 1 heterocycles. The predicted molar refractivity (Wildman–Crippen MR) is 88.4 cm³/mol. The van der Waals surface area contributed by atoms with Crippen molar-refractivity contribution in [2.45, 2.75) is 27.3 Å². The maximum Gasteiger partial charge on any atom is 0.255 e. The Morgan fingerprint density at radius 2 is 1.76 bits per heavy atom. The highest BCUT2D eigenvalue weighted by Gasteiger charge is 2.07. The first-order valence-electron chi connectivity index (χ1n) is 7.45. The highest BCUT2D eigenvalue weighted by molar-refractivity contribution is 5.60. The Bertz CT molecular complexity index is 654. The van der Waals surface area contributed by atoms with Gasteiger partial charge in [0.05, 0.1) is 5.69 Å². The van der Waals surface area contributed by atoms with E-state index in [-0.39, 0.29) is 5.56 Å². The van der Waals surface area contributed by atoms with E-state index in [4.69, 9.17) is 0 Å². The van der Waals surface area contributed by atoms with Crippen LogP contribution < -0.4 is 10.9 Å². The molecule has 0 radical (unpaired) electrons. The summed E-state index contributed by atoms with van der Waals surface area (Å²) in [4.78, 5) is 12.4. The number of nitrogens with one attached hydrogen (secondary N) is 1. The number of nitrogens with zero attached hydrogens (tertiary/aromatic N) is 1. The van der Waals surface area contributed by atoms with Crippen LogP contribution in [-0.4, -0.2) is 11.1 Å². The van der Waals surface area contributed by atoms with Gasteiger partial charge in [-0.05, 0) is 31.0 Å². The first-order chi connectivity index (χ1) is 9.99. The van der Waals surface area contributed by atoms with E-state index in [0.717, 1.165) is 23.4 Å². The van der Waals surface area contributed by atoms with Gasteiger partial charge in [-0.25, -0.2) is 0 Å². The molecular weight excluding hydrogens is 260 g/mol. The van der Waals surface area contributed by atoms with Crippen LogP contribution in [0, 0.1) is 12.8 Å². The number of hydrogen-bond donors (Lipinski definition) is 1. The highest BCUT2D eigenvalue weighted by Crippen LogP contribution is 2.18. The van der Waals surface area contributed by atoms with Gasteiger partial charge in [-0.2, -0.15) is 0 Å². The molecular formula is C18H24N2O. The van der Waals surface area contributed by atoms with Crippen molar-refractivity contribution in [1.82, 2.24) is 9.88 Å². The van der Waals surface area contributed by atoms with Crippen LogP contribution in [0.15, 0.2) is 41.2 Å². The molecule has 21 heavy (non-hydrogen) atoms. The summed E-state index contributed by atoms with van der Waals surface area (Å²) in [7, 11) is 1.84. The van der Waals surface area contributed by atoms with Crippen molar-refractivity contribution in [3.63, 3.8) is 0 Å². The van der Waals surface area contributed by atoms with Gasteiger partial charge in [-0.1, -0.05) is 49.7 Å². The third-order valence-electron chi connectivity index (χ3n) is 3.60. The van der Waals surface area contributed by atoms with E-state index < -0.39 is 0 Å². The molecule has 0 fully saturated rings. The Morgan fingerprint density at radius 3 is 2.38 bits per heavy atom. The van der Waals surface area contributed by atoms with E-state index in [1.807, 2.05) is 19.2 Å². The first kappa shape index (κ1) is 15.5. The third-order valence-corrected chi connectivity index (χ3v) is 3.60. The minimum Gasteiger partial charge on any atom is -0.312 e. The van der Waals surface area contributed by atoms with E-state index in [0.29, 0.717) is 12.5 Å². The van der Waals surface area contributed by atoms with Gasteiger partial charge >= 0.3 is 0 Å². The van der Waals surface area contributed by atoms with Crippen LogP contribution in [0.5, 0.6) is 0 Å². The minimum absolute atomic E-state index is 0.0735. The number of benzene rings is 1. The second-order valence-corrected chi connectivity index (χ2v) is 6.00. The molecule has 3 nitrogen and oxygen atoms in total. The minimum atomic E-state index is 0.0735. The zero-order valence-corrected chi connectivity index (χ0v) is 13.3. The average molecular weight is 284 g/mol. The maximum atomic E-state index is 12.4. The molecule has 0 aliphatic carbocycles. The fourth-order valence-corrected chi connectivity index (χ4v) is 2.33. The molecule has 2 aromatic rings. The summed E-state index contributed by atoms with van der Waals surface area (Å²) < 4.78 is 1.73. The van der Waals surface area contributed by atoms with E-state index >= 15 is 0 Å². The molecule has 0 spiro atoms. The monoisotopic (exact) mass is 284 g/mol. The fraction of sp³-hybridized carbons (Fsp3) is 0.389. The van der Waals surface area contributed by atoms with Crippen molar-refractivity contribution in [2.24, 2.45) is 13.0 Å². The molecule has 0 unspecified atom stereocenters. The SMILES string of the molecule is Cc1ccc(-c2ccc(CNCC(C)C)c(=O)n2C)cc1. The maximum absolute atomic E-state index is 12.4. The molecule has 0 aliphatic rings. The van der Waals surface area contributed by atoms with Crippen molar-refractivity contribution < 1.29 is 0 Å². The standard InChI is InChI=1S/C18H24N2O/c1-13(2)11-19-12-16-9-10-17(20(4)18(16)21)15-7-5-14(3)6-8-15/h5-10,13,19H,11-12H2,1-4H3. The van der Waals surface area contributed by atoms with Crippen LogP contribution in [0.2, 0.25) is 0 Å². The molecule has 2 rings (SSSR count). The van der Waals surface area contributed by atoms with Gasteiger partial charge in [-0.3, -0.25) is 4.79 Å². The Kier molecular flexibility index (Phi) is 4.97. The third kappa shape index (κ3) is 3.82. The molecule has 1 N–H and O–H groups in total. The Balaban J connectivity index is 2.25. The van der Waals surface area contributed by atoms with Gasteiger partial charge in [0.25, 0.3) is 5.56 Å². The van der Waals surface area contributed by atoms with Crippen molar-refractivity contribution in [3.05, 3.63) is 57.9 Å². The number of aromatic nitrogens is 1. The van der Waals surface area contributed by atoms with Crippen molar-refractivity contribution in [1.29, 1.82) is 0 Å². The van der Waals surface area contributed by atoms with Crippen LogP contribution in [-0.2, 0) is 13.6 Å². The summed E-state index contributed by atoms with van der Waals surface area (Å²) in [6.45, 7) is 7.92. The molecule has 1 aromatic carbocycles. The van der Waals surface area contributed by atoms with Crippen LogP contribution in [0.1, 0.15) is 25.0 Å². The smallest absolute Gasteiger partial charge is 0.255 e. The Labute approximate surface area is 126 Å². The molecule has 0 aliphatic heterocycles. The van der Waals surface area contributed by atoms with Crippen molar-refractivity contribution in [3.8, 4) is 11.3 Å². The second-order valence-electron chi connectivity index (χ2n) is 6.00. The van der Waals surface area contributed by atoms with Gasteiger partial charge in [0, 0.05) is 19.2 Å². The van der Waals surface area contributed by atoms with Gasteiger partial charge in [0.1, 0.15) is 0 Å². The largest absolute Gasteiger partial charge is 0.312 e. The average Bonchev–Trinajstić information content (AvgIpc) is 2.45. The second kappa shape index (κ2) is 6.72. The highest BCUT2D eigenvalue weighted by atomic mass is 16.1. The molecule has 0 saturated heterocycles. The zero-order valence-electron chi connectivity index (χ0n) is 13.3. The van der Waals surface area contributed by atoms with E-state index in [9.17, 15) is 4.79 Å². The molecule has 112 valence electrons. The summed E-state index contributed by atoms with van der Waals surface area (Å²) in [5.74, 6) is 0.584. The lowest BCUT2D eigenvalue weighted by Crippen LogP contribution is -2.27. The summed E-state index contributed by atoms with van der Waals surface area (Å²) in [5, 5.41) is 3.32. The van der Waals surface area contributed by atoms with E-state index in [1.54, 1.807) is 4.57 Å². The zero-order chi connectivity index (χ0) is 15.4. The lowest BCUT2D eigenvalue weighted by molar-refractivity contribution is 0.549. The lowest BCUT2D eigenvalue weighted by atomic mass is 10.1. The number of aryl methyl sites for hydroxylation is 1. The van der Waals surface area contributed by atoms with Gasteiger partial charge in [0.2, 0.25) is 0 Å². The van der Waals surface area contributed by atoms with Crippen LogP contribution >= 0.6 is 0 Å². The molecule has 0 atom stereocenters. The lowest BCUT2D eigenvalue weighted by Gasteiger charge is -2.12. The van der Waals surface area contributed by atoms with Gasteiger partial charge in [0.15, 0.2) is 0 Å². The summed E-state index contributed by atoms with van der Waals surface area (Å²) in [5.41, 5.74) is 4.13. The Morgan fingerprint density at radius 1 is 1.10 bits per heavy atom. The van der Waals surface area contributed by atoms with E-state index in [2.05, 4.69) is 50.4 Å². The first-order valence-corrected chi connectivity index (χ1v) is 7.45. The quantitative estimate of drug-likeness (QED) is 0.915. The summed E-state index contributed by atoms with van der Waals surface area (Å²) in [6, 6.07) is 12.2. The van der Waals surface area contributed by atoms with E-state index in [1.165, 1.54) is 5.56 Å². The van der Waals surface area contributed by atoms with Crippen LogP contribution in [0.4, 0.5) is 0 Å². The summed E-state index contributed by atoms with van der Waals surface area (Å²) in [6.07, 6.45) is 0. The normalized spacial score (nSPS) is 11.1. The Hall–Kier alpha value is -1.87. The fourth-order valence-electron chi connectivity index (χ4n) is 2.33. The van der Waals surface area contributed by atoms with Crippen molar-refractivity contribution in [2.75, 3.05) is 6.54 Å². The topological polar surface area (TPSA) is 34.0 Å². The molecule has 1 aromatic heterocycles. The number of hydrogen-bond acceptors (Lipinski definition) is 2. The van der Waals surface area contributed by atoms with Gasteiger partial charge < -0.3 is 9.88 Å². The number of rotatable bonds is 5. The van der Waals surface area contributed by atoms with Gasteiger partial charge in [-0.15, -0.1) is 0 Å². The molecule has 0 saturated carbocycles. The summed E-state index contributed by atoms with van der Waals surface area (Å²) >= 11 is 0.